The van der Waals surface area contributed by atoms with Crippen molar-refractivity contribution in [2.75, 3.05) is 12.4 Å². The van der Waals surface area contributed by atoms with Gasteiger partial charge in [0, 0.05) is 19.4 Å². The molecule has 0 bridgehead atoms. The van der Waals surface area contributed by atoms with Crippen LogP contribution in [-0.4, -0.2) is 17.0 Å². The van der Waals surface area contributed by atoms with Crippen LogP contribution in [0.15, 0.2) is 12.4 Å². The number of hydrogen-bond acceptors (Lipinski definition) is 4. The summed E-state index contributed by atoms with van der Waals surface area (Å²) < 4.78 is 0. The summed E-state index contributed by atoms with van der Waals surface area (Å²) >= 11 is 0. The Morgan fingerprint density at radius 1 is 1.46 bits per heavy atom. The van der Waals surface area contributed by atoms with Gasteiger partial charge in [0.15, 0.2) is 0 Å². The lowest BCUT2D eigenvalue weighted by molar-refractivity contribution is 1.14. The van der Waals surface area contributed by atoms with E-state index in [9.17, 15) is 0 Å². The zero-order valence-electron chi connectivity index (χ0n) is 7.20. The molecule has 1 aromatic rings. The summed E-state index contributed by atoms with van der Waals surface area (Å²) in [5, 5.41) is 11.0. The minimum atomic E-state index is 0.230. The highest BCUT2D eigenvalue weighted by molar-refractivity contribution is 5.33. The highest BCUT2D eigenvalue weighted by Gasteiger charge is 1.90. The fourth-order valence-electron chi connectivity index (χ4n) is 0.707. The fourth-order valence-corrected chi connectivity index (χ4v) is 0.707. The molecule has 1 aromatic heterocycles. The Morgan fingerprint density at radius 2 is 2.15 bits per heavy atom. The third-order valence-corrected chi connectivity index (χ3v) is 1.28. The second-order valence-electron chi connectivity index (χ2n) is 2.18. The first-order valence-electron chi connectivity index (χ1n) is 3.72. The molecule has 4 heteroatoms. The third kappa shape index (κ3) is 2.80. The Kier molecular flexibility index (Phi) is 3.29. The lowest BCUT2D eigenvalue weighted by Crippen LogP contribution is -1.95. The minimum absolute atomic E-state index is 0.230. The monoisotopic (exact) mass is 172 g/mol. The van der Waals surface area contributed by atoms with E-state index in [1.807, 2.05) is 6.07 Å². The molecular formula is C9H8N4. The Bertz CT molecular complexity index is 363. The summed E-state index contributed by atoms with van der Waals surface area (Å²) in [7, 11) is 1.75. The SMILES string of the molecule is CNc1ncc(C#CCC#N)cn1. The Balaban J connectivity index is 2.72. The summed E-state index contributed by atoms with van der Waals surface area (Å²) in [5.74, 6) is 6.01. The molecule has 0 spiro atoms. The summed E-state index contributed by atoms with van der Waals surface area (Å²) in [4.78, 5) is 7.94. The first-order valence-corrected chi connectivity index (χ1v) is 3.72. The topological polar surface area (TPSA) is 61.6 Å². The van der Waals surface area contributed by atoms with Gasteiger partial charge in [-0.3, -0.25) is 0 Å². The van der Waals surface area contributed by atoms with Gasteiger partial charge in [-0.2, -0.15) is 5.26 Å². The summed E-state index contributed by atoms with van der Waals surface area (Å²) in [6.07, 6.45) is 3.46. The van der Waals surface area contributed by atoms with Crippen molar-refractivity contribution in [2.45, 2.75) is 6.42 Å². The zero-order valence-corrected chi connectivity index (χ0v) is 7.20. The van der Waals surface area contributed by atoms with E-state index in [0.717, 1.165) is 0 Å². The molecule has 0 aliphatic carbocycles. The van der Waals surface area contributed by atoms with Gasteiger partial charge in [-0.05, 0) is 0 Å². The molecule has 0 fully saturated rings. The molecule has 0 amide bonds. The maximum atomic E-state index is 8.23. The van der Waals surface area contributed by atoms with Crippen molar-refractivity contribution < 1.29 is 0 Å². The summed E-state index contributed by atoms with van der Waals surface area (Å²) in [6, 6.07) is 1.93. The van der Waals surface area contributed by atoms with E-state index >= 15 is 0 Å². The smallest absolute Gasteiger partial charge is 0.222 e. The van der Waals surface area contributed by atoms with Crippen LogP contribution in [0.2, 0.25) is 0 Å². The lowest BCUT2D eigenvalue weighted by Gasteiger charge is -1.94. The molecule has 64 valence electrons. The normalized spacial score (nSPS) is 8.00. The van der Waals surface area contributed by atoms with Gasteiger partial charge >= 0.3 is 0 Å². The van der Waals surface area contributed by atoms with Crippen LogP contribution >= 0.6 is 0 Å². The number of anilines is 1. The van der Waals surface area contributed by atoms with Crippen LogP contribution in [0.3, 0.4) is 0 Å². The van der Waals surface area contributed by atoms with E-state index in [1.54, 1.807) is 19.4 Å². The van der Waals surface area contributed by atoms with Gasteiger partial charge in [-0.15, -0.1) is 0 Å². The molecule has 0 saturated heterocycles. The van der Waals surface area contributed by atoms with E-state index in [2.05, 4.69) is 27.1 Å². The van der Waals surface area contributed by atoms with E-state index in [-0.39, 0.29) is 6.42 Å². The molecule has 0 radical (unpaired) electrons. The van der Waals surface area contributed by atoms with Crippen LogP contribution in [0.4, 0.5) is 5.95 Å². The molecule has 0 atom stereocenters. The van der Waals surface area contributed by atoms with Crippen LogP contribution < -0.4 is 5.32 Å². The molecule has 0 saturated carbocycles. The highest BCUT2D eigenvalue weighted by atomic mass is 15.1. The summed E-state index contributed by atoms with van der Waals surface area (Å²) in [5.41, 5.74) is 0.717. The van der Waals surface area contributed by atoms with Gasteiger partial charge in [0.05, 0.1) is 18.1 Å². The summed E-state index contributed by atoms with van der Waals surface area (Å²) in [6.45, 7) is 0. The Morgan fingerprint density at radius 3 is 2.69 bits per heavy atom. The Labute approximate surface area is 76.6 Å². The Hall–Kier alpha value is -2.07. The van der Waals surface area contributed by atoms with E-state index < -0.39 is 0 Å². The molecule has 13 heavy (non-hydrogen) atoms. The van der Waals surface area contributed by atoms with Crippen LogP contribution in [0.25, 0.3) is 0 Å². The number of rotatable bonds is 1. The van der Waals surface area contributed by atoms with Gasteiger partial charge < -0.3 is 5.32 Å². The second kappa shape index (κ2) is 4.74. The quantitative estimate of drug-likeness (QED) is 0.636. The van der Waals surface area contributed by atoms with Crippen LogP contribution in [0.1, 0.15) is 12.0 Å². The molecule has 0 unspecified atom stereocenters. The standard InChI is InChI=1S/C9H8N4/c1-11-9-12-6-8(7-13-9)4-2-3-5-10/h6-7H,3H2,1H3,(H,11,12,13). The minimum Gasteiger partial charge on any atom is -0.357 e. The predicted octanol–water partition coefficient (Wildman–Crippen LogP) is 0.783. The van der Waals surface area contributed by atoms with Gasteiger partial charge in [-0.1, -0.05) is 11.8 Å². The van der Waals surface area contributed by atoms with Gasteiger partial charge in [0.2, 0.25) is 5.95 Å². The van der Waals surface area contributed by atoms with Crippen molar-refractivity contribution in [3.05, 3.63) is 18.0 Å². The van der Waals surface area contributed by atoms with Gasteiger partial charge in [0.1, 0.15) is 0 Å². The van der Waals surface area contributed by atoms with Crippen LogP contribution in [0, 0.1) is 23.2 Å². The van der Waals surface area contributed by atoms with Crippen molar-refractivity contribution in [1.29, 1.82) is 5.26 Å². The number of nitrogens with zero attached hydrogens (tertiary/aromatic N) is 3. The lowest BCUT2D eigenvalue weighted by atomic mass is 10.3. The van der Waals surface area contributed by atoms with Crippen molar-refractivity contribution in [2.24, 2.45) is 0 Å². The molecule has 1 N–H and O–H groups in total. The number of nitrogens with one attached hydrogen (secondary N) is 1. The largest absolute Gasteiger partial charge is 0.357 e. The van der Waals surface area contributed by atoms with E-state index in [0.29, 0.717) is 11.5 Å². The van der Waals surface area contributed by atoms with Crippen molar-refractivity contribution >= 4 is 5.95 Å². The van der Waals surface area contributed by atoms with Crippen LogP contribution in [0.5, 0.6) is 0 Å². The average Bonchev–Trinajstić information content (AvgIpc) is 2.19. The third-order valence-electron chi connectivity index (χ3n) is 1.28. The van der Waals surface area contributed by atoms with Crippen molar-refractivity contribution in [3.63, 3.8) is 0 Å². The van der Waals surface area contributed by atoms with Gasteiger partial charge in [-0.25, -0.2) is 9.97 Å². The molecule has 4 nitrogen and oxygen atoms in total. The van der Waals surface area contributed by atoms with Crippen molar-refractivity contribution in [3.8, 4) is 17.9 Å². The predicted molar refractivity (Wildman–Crippen MR) is 48.7 cm³/mol. The average molecular weight is 172 g/mol. The van der Waals surface area contributed by atoms with Gasteiger partial charge in [0.25, 0.3) is 0 Å². The number of nitriles is 1. The van der Waals surface area contributed by atoms with E-state index in [1.165, 1.54) is 0 Å². The van der Waals surface area contributed by atoms with E-state index in [4.69, 9.17) is 5.26 Å². The molecule has 0 aliphatic heterocycles. The molecule has 1 heterocycles. The number of aromatic nitrogens is 2. The first-order chi connectivity index (χ1) is 6.36. The maximum Gasteiger partial charge on any atom is 0.222 e. The molecule has 0 aromatic carbocycles. The zero-order chi connectivity index (χ0) is 9.52. The van der Waals surface area contributed by atoms with Crippen LogP contribution in [-0.2, 0) is 0 Å². The first kappa shape index (κ1) is 9.02. The second-order valence-corrected chi connectivity index (χ2v) is 2.18. The van der Waals surface area contributed by atoms with Crippen molar-refractivity contribution in [1.82, 2.24) is 9.97 Å². The molecule has 0 aliphatic rings. The molecular weight excluding hydrogens is 164 g/mol. The fraction of sp³-hybridized carbons (Fsp3) is 0.222. The number of hydrogen-bond donors (Lipinski definition) is 1. The molecule has 1 rings (SSSR count). The maximum absolute atomic E-state index is 8.23. The highest BCUT2D eigenvalue weighted by Crippen LogP contribution is 1.96.